The maximum absolute atomic E-state index is 6.13. The third kappa shape index (κ3) is 2.89. The Hall–Kier alpha value is -1.71. The molecule has 3 rings (SSSR count). The molecule has 4 nitrogen and oxygen atoms in total. The first kappa shape index (κ1) is 13.3. The number of ether oxygens (including phenoxy) is 1. The fraction of sp³-hybridized carbons (Fsp3) is 0.562. The molecule has 108 valence electrons. The molecule has 0 amide bonds. The molecule has 0 aliphatic carbocycles. The number of hydrogen-bond acceptors (Lipinski definition) is 2. The maximum Gasteiger partial charge on any atom is 0.191 e. The topological polar surface area (TPSA) is 50.9 Å². The average molecular weight is 273 g/mol. The van der Waals surface area contributed by atoms with Crippen LogP contribution in [0.5, 0.6) is 5.75 Å². The number of guanidine groups is 1. The molecule has 0 bridgehead atoms. The number of nitrogens with two attached hydrogens (primary N) is 1. The quantitative estimate of drug-likeness (QED) is 0.665. The van der Waals surface area contributed by atoms with Gasteiger partial charge in [0.05, 0.1) is 6.61 Å². The lowest BCUT2D eigenvalue weighted by atomic mass is 9.93. The molecule has 0 spiro atoms. The molecule has 2 aliphatic rings. The Balaban J connectivity index is 1.66. The van der Waals surface area contributed by atoms with Crippen molar-refractivity contribution in [1.82, 2.24) is 4.90 Å². The van der Waals surface area contributed by atoms with E-state index in [0.717, 1.165) is 38.4 Å². The minimum atomic E-state index is 0.434. The zero-order valence-corrected chi connectivity index (χ0v) is 11.9. The molecule has 1 atom stereocenters. The highest BCUT2D eigenvalue weighted by molar-refractivity contribution is 5.78. The van der Waals surface area contributed by atoms with E-state index >= 15 is 0 Å². The summed E-state index contributed by atoms with van der Waals surface area (Å²) < 4.78 is 5.69. The van der Waals surface area contributed by atoms with Crippen molar-refractivity contribution in [3.8, 4) is 5.75 Å². The van der Waals surface area contributed by atoms with Gasteiger partial charge >= 0.3 is 0 Å². The molecule has 2 heterocycles. The van der Waals surface area contributed by atoms with Crippen LogP contribution in [0.4, 0.5) is 0 Å². The lowest BCUT2D eigenvalue weighted by molar-refractivity contribution is 0.268. The molecular formula is C16H23N3O. The second-order valence-electron chi connectivity index (χ2n) is 5.62. The Bertz CT molecular complexity index is 480. The molecule has 1 aromatic carbocycles. The second kappa shape index (κ2) is 6.16. The van der Waals surface area contributed by atoms with E-state index in [1.54, 1.807) is 0 Å². The predicted octanol–water partition coefficient (Wildman–Crippen LogP) is 2.35. The van der Waals surface area contributed by atoms with E-state index in [1.807, 2.05) is 12.1 Å². The van der Waals surface area contributed by atoms with Gasteiger partial charge in [0.15, 0.2) is 5.96 Å². The molecule has 1 saturated heterocycles. The minimum Gasteiger partial charge on any atom is -0.493 e. The van der Waals surface area contributed by atoms with Crippen LogP contribution in [0.3, 0.4) is 0 Å². The Labute approximate surface area is 120 Å². The third-order valence-electron chi connectivity index (χ3n) is 4.24. The fourth-order valence-electron chi connectivity index (χ4n) is 3.03. The van der Waals surface area contributed by atoms with Crippen LogP contribution in [0.15, 0.2) is 29.3 Å². The van der Waals surface area contributed by atoms with Crippen LogP contribution < -0.4 is 10.5 Å². The third-order valence-corrected chi connectivity index (χ3v) is 4.24. The molecule has 1 fully saturated rings. The molecule has 1 aromatic rings. The monoisotopic (exact) mass is 273 g/mol. The summed E-state index contributed by atoms with van der Waals surface area (Å²) in [7, 11) is 0. The number of piperidine rings is 1. The van der Waals surface area contributed by atoms with Crippen LogP contribution in [-0.4, -0.2) is 37.1 Å². The highest BCUT2D eigenvalue weighted by Gasteiger charge is 2.21. The van der Waals surface area contributed by atoms with Crippen molar-refractivity contribution in [2.45, 2.75) is 31.6 Å². The predicted molar refractivity (Wildman–Crippen MR) is 81.2 cm³/mol. The molecule has 2 aliphatic heterocycles. The van der Waals surface area contributed by atoms with Crippen molar-refractivity contribution in [2.75, 3.05) is 26.2 Å². The van der Waals surface area contributed by atoms with Gasteiger partial charge in [-0.1, -0.05) is 18.2 Å². The van der Waals surface area contributed by atoms with E-state index in [4.69, 9.17) is 10.5 Å². The van der Waals surface area contributed by atoms with E-state index in [2.05, 4.69) is 22.0 Å². The minimum absolute atomic E-state index is 0.434. The lowest BCUT2D eigenvalue weighted by Crippen LogP contribution is -2.41. The number of fused-ring (bicyclic) bond motifs is 1. The van der Waals surface area contributed by atoms with Gasteiger partial charge < -0.3 is 15.4 Å². The maximum atomic E-state index is 6.13. The highest BCUT2D eigenvalue weighted by Crippen LogP contribution is 2.33. The summed E-state index contributed by atoms with van der Waals surface area (Å²) in [5.41, 5.74) is 7.40. The van der Waals surface area contributed by atoms with Crippen LogP contribution >= 0.6 is 0 Å². The molecule has 1 unspecified atom stereocenters. The zero-order chi connectivity index (χ0) is 13.8. The molecule has 0 aromatic heterocycles. The fourth-order valence-corrected chi connectivity index (χ4v) is 3.03. The first-order valence-corrected chi connectivity index (χ1v) is 7.61. The molecule has 0 radical (unpaired) electrons. The summed E-state index contributed by atoms with van der Waals surface area (Å²) in [6, 6.07) is 8.27. The summed E-state index contributed by atoms with van der Waals surface area (Å²) in [5, 5.41) is 0. The average Bonchev–Trinajstić information content (AvgIpc) is 2.53. The van der Waals surface area contributed by atoms with Crippen molar-refractivity contribution >= 4 is 5.96 Å². The Morgan fingerprint density at radius 3 is 2.90 bits per heavy atom. The molecular weight excluding hydrogens is 250 g/mol. The van der Waals surface area contributed by atoms with Gasteiger partial charge in [0.2, 0.25) is 0 Å². The molecule has 0 saturated carbocycles. The summed E-state index contributed by atoms with van der Waals surface area (Å²) in [4.78, 5) is 6.85. The number of likely N-dealkylation sites (tertiary alicyclic amines) is 1. The summed E-state index contributed by atoms with van der Waals surface area (Å²) in [6.07, 6.45) is 4.80. The van der Waals surface area contributed by atoms with Gasteiger partial charge in [-0.3, -0.25) is 4.99 Å². The summed E-state index contributed by atoms with van der Waals surface area (Å²) >= 11 is 0. The number of hydrogen-bond donors (Lipinski definition) is 1. The van der Waals surface area contributed by atoms with Gasteiger partial charge in [-0.25, -0.2) is 0 Å². The van der Waals surface area contributed by atoms with Crippen LogP contribution in [0.25, 0.3) is 0 Å². The number of benzene rings is 1. The normalized spacial score (nSPS) is 23.1. The van der Waals surface area contributed by atoms with E-state index in [-0.39, 0.29) is 0 Å². The zero-order valence-electron chi connectivity index (χ0n) is 11.9. The summed E-state index contributed by atoms with van der Waals surface area (Å²) in [5.74, 6) is 2.16. The van der Waals surface area contributed by atoms with Gasteiger partial charge in [0.1, 0.15) is 5.75 Å². The van der Waals surface area contributed by atoms with Gasteiger partial charge in [-0.2, -0.15) is 0 Å². The Morgan fingerprint density at radius 1 is 1.25 bits per heavy atom. The molecule has 20 heavy (non-hydrogen) atoms. The standard InChI is InChI=1S/C16H23N3O/c17-16(19-9-4-1-5-10-19)18-12-13-8-11-20-15-7-3-2-6-14(13)15/h2-3,6-7,13H,1,4-5,8-12H2,(H2,17,18). The smallest absolute Gasteiger partial charge is 0.191 e. The first-order chi connectivity index (χ1) is 9.84. The van der Waals surface area contributed by atoms with E-state index < -0.39 is 0 Å². The van der Waals surface area contributed by atoms with Gasteiger partial charge in [-0.15, -0.1) is 0 Å². The lowest BCUT2D eigenvalue weighted by Gasteiger charge is -2.28. The second-order valence-corrected chi connectivity index (χ2v) is 5.62. The largest absolute Gasteiger partial charge is 0.493 e. The van der Waals surface area contributed by atoms with Gasteiger partial charge in [0, 0.05) is 25.6 Å². The summed E-state index contributed by atoms with van der Waals surface area (Å²) in [6.45, 7) is 3.66. The number of aliphatic imine (C=N–C) groups is 1. The van der Waals surface area contributed by atoms with E-state index in [1.165, 1.54) is 24.8 Å². The number of para-hydroxylation sites is 1. The van der Waals surface area contributed by atoms with Crippen molar-refractivity contribution in [3.63, 3.8) is 0 Å². The van der Waals surface area contributed by atoms with Gasteiger partial charge in [0.25, 0.3) is 0 Å². The van der Waals surface area contributed by atoms with E-state index in [9.17, 15) is 0 Å². The van der Waals surface area contributed by atoms with Crippen molar-refractivity contribution in [2.24, 2.45) is 10.7 Å². The molecule has 2 N–H and O–H groups in total. The van der Waals surface area contributed by atoms with Crippen molar-refractivity contribution in [3.05, 3.63) is 29.8 Å². The number of nitrogens with zero attached hydrogens (tertiary/aromatic N) is 2. The SMILES string of the molecule is NC(=NCC1CCOc2ccccc21)N1CCCCC1. The van der Waals surface area contributed by atoms with Crippen LogP contribution in [-0.2, 0) is 0 Å². The Morgan fingerprint density at radius 2 is 2.05 bits per heavy atom. The Kier molecular flexibility index (Phi) is 4.09. The van der Waals surface area contributed by atoms with Crippen LogP contribution in [0, 0.1) is 0 Å². The number of rotatable bonds is 2. The first-order valence-electron chi connectivity index (χ1n) is 7.61. The van der Waals surface area contributed by atoms with Crippen LogP contribution in [0.1, 0.15) is 37.2 Å². The molecule has 4 heteroatoms. The van der Waals surface area contributed by atoms with Crippen molar-refractivity contribution < 1.29 is 4.74 Å². The van der Waals surface area contributed by atoms with E-state index in [0.29, 0.717) is 11.9 Å². The van der Waals surface area contributed by atoms with Gasteiger partial charge in [-0.05, 0) is 37.3 Å². The van der Waals surface area contributed by atoms with Crippen LogP contribution in [0.2, 0.25) is 0 Å². The van der Waals surface area contributed by atoms with Crippen molar-refractivity contribution in [1.29, 1.82) is 0 Å². The highest BCUT2D eigenvalue weighted by atomic mass is 16.5.